The van der Waals surface area contributed by atoms with E-state index < -0.39 is 6.04 Å². The zero-order valence-corrected chi connectivity index (χ0v) is 11.9. The molecule has 112 valence electrons. The van der Waals surface area contributed by atoms with Gasteiger partial charge in [-0.2, -0.15) is 4.98 Å². The number of hydrogen-bond donors (Lipinski definition) is 2. The first kappa shape index (κ1) is 16.1. The molecule has 2 N–H and O–H groups in total. The van der Waals surface area contributed by atoms with E-state index in [0.717, 1.165) is 0 Å². The quantitative estimate of drug-likeness (QED) is 0.684. The zero-order valence-electron chi connectivity index (χ0n) is 11.9. The lowest BCUT2D eigenvalue weighted by atomic mass is 10.3. The topological polar surface area (TPSA) is 106 Å². The SMILES string of the molecule is CCC(=O)N[C@H](C)C(=O)NCc1nc(CCOC)no1. The lowest BCUT2D eigenvalue weighted by Crippen LogP contribution is -2.44. The van der Waals surface area contributed by atoms with Gasteiger partial charge in [0.15, 0.2) is 5.82 Å². The van der Waals surface area contributed by atoms with Crippen LogP contribution in [0, 0.1) is 0 Å². The lowest BCUT2D eigenvalue weighted by molar-refractivity contribution is -0.128. The fraction of sp³-hybridized carbons (Fsp3) is 0.667. The number of methoxy groups -OCH3 is 1. The van der Waals surface area contributed by atoms with Crippen molar-refractivity contribution in [1.29, 1.82) is 0 Å². The van der Waals surface area contributed by atoms with Crippen LogP contribution >= 0.6 is 0 Å². The molecular formula is C12H20N4O4. The van der Waals surface area contributed by atoms with E-state index >= 15 is 0 Å². The van der Waals surface area contributed by atoms with Crippen molar-refractivity contribution in [1.82, 2.24) is 20.8 Å². The predicted octanol–water partition coefficient (Wildman–Crippen LogP) is -0.211. The minimum atomic E-state index is -0.599. The Hall–Kier alpha value is -1.96. The molecule has 20 heavy (non-hydrogen) atoms. The first-order chi connectivity index (χ1) is 9.56. The van der Waals surface area contributed by atoms with Crippen LogP contribution in [0.3, 0.4) is 0 Å². The first-order valence-corrected chi connectivity index (χ1v) is 6.44. The molecule has 0 spiro atoms. The molecule has 0 radical (unpaired) electrons. The highest BCUT2D eigenvalue weighted by molar-refractivity contribution is 5.87. The molecule has 0 aliphatic carbocycles. The number of nitrogens with one attached hydrogen (secondary N) is 2. The van der Waals surface area contributed by atoms with E-state index in [4.69, 9.17) is 9.26 Å². The van der Waals surface area contributed by atoms with E-state index in [-0.39, 0.29) is 18.4 Å². The van der Waals surface area contributed by atoms with Gasteiger partial charge in [-0.1, -0.05) is 12.1 Å². The first-order valence-electron chi connectivity index (χ1n) is 6.44. The van der Waals surface area contributed by atoms with E-state index in [1.54, 1.807) is 21.0 Å². The predicted molar refractivity (Wildman–Crippen MR) is 69.6 cm³/mol. The van der Waals surface area contributed by atoms with Gasteiger partial charge in [0.05, 0.1) is 13.2 Å². The number of carbonyl (C=O) groups excluding carboxylic acids is 2. The summed E-state index contributed by atoms with van der Waals surface area (Å²) in [4.78, 5) is 27.0. The largest absolute Gasteiger partial charge is 0.384 e. The third-order valence-corrected chi connectivity index (χ3v) is 2.55. The maximum Gasteiger partial charge on any atom is 0.246 e. The molecule has 0 saturated heterocycles. The number of carbonyl (C=O) groups is 2. The third-order valence-electron chi connectivity index (χ3n) is 2.55. The molecule has 1 atom stereocenters. The van der Waals surface area contributed by atoms with Gasteiger partial charge in [-0.3, -0.25) is 9.59 Å². The molecular weight excluding hydrogens is 264 g/mol. The van der Waals surface area contributed by atoms with Crippen LogP contribution in [-0.4, -0.2) is 41.7 Å². The lowest BCUT2D eigenvalue weighted by Gasteiger charge is -2.12. The summed E-state index contributed by atoms with van der Waals surface area (Å²) in [6.45, 7) is 3.97. The van der Waals surface area contributed by atoms with Gasteiger partial charge in [-0.25, -0.2) is 0 Å². The second-order valence-corrected chi connectivity index (χ2v) is 4.21. The molecule has 0 aromatic carbocycles. The fourth-order valence-corrected chi connectivity index (χ4v) is 1.38. The number of hydrogen-bond acceptors (Lipinski definition) is 6. The number of rotatable bonds is 8. The highest BCUT2D eigenvalue weighted by Gasteiger charge is 2.15. The summed E-state index contributed by atoms with van der Waals surface area (Å²) in [7, 11) is 1.59. The van der Waals surface area contributed by atoms with E-state index in [0.29, 0.717) is 31.2 Å². The van der Waals surface area contributed by atoms with Crippen LogP contribution in [0.5, 0.6) is 0 Å². The Morgan fingerprint density at radius 3 is 2.85 bits per heavy atom. The molecule has 0 aliphatic heterocycles. The van der Waals surface area contributed by atoms with Gasteiger partial charge in [0.25, 0.3) is 0 Å². The van der Waals surface area contributed by atoms with Crippen molar-refractivity contribution < 1.29 is 18.8 Å². The molecule has 0 bridgehead atoms. The maximum atomic E-state index is 11.7. The minimum Gasteiger partial charge on any atom is -0.384 e. The van der Waals surface area contributed by atoms with Gasteiger partial charge in [0, 0.05) is 20.0 Å². The van der Waals surface area contributed by atoms with Gasteiger partial charge in [0.1, 0.15) is 6.04 Å². The van der Waals surface area contributed by atoms with Crippen molar-refractivity contribution >= 4 is 11.8 Å². The highest BCUT2D eigenvalue weighted by Crippen LogP contribution is 1.98. The smallest absolute Gasteiger partial charge is 0.246 e. The van der Waals surface area contributed by atoms with Gasteiger partial charge in [0.2, 0.25) is 17.7 Å². The van der Waals surface area contributed by atoms with Gasteiger partial charge >= 0.3 is 0 Å². The molecule has 0 aliphatic rings. The second-order valence-electron chi connectivity index (χ2n) is 4.21. The molecule has 0 unspecified atom stereocenters. The average molecular weight is 284 g/mol. The van der Waals surface area contributed by atoms with Crippen molar-refractivity contribution in [2.24, 2.45) is 0 Å². The highest BCUT2D eigenvalue weighted by atomic mass is 16.5. The normalized spacial score (nSPS) is 11.9. The van der Waals surface area contributed by atoms with Crippen LogP contribution < -0.4 is 10.6 Å². The summed E-state index contributed by atoms with van der Waals surface area (Å²) in [5.41, 5.74) is 0. The Morgan fingerprint density at radius 1 is 1.45 bits per heavy atom. The van der Waals surface area contributed by atoms with Crippen molar-refractivity contribution in [3.05, 3.63) is 11.7 Å². The standard InChI is InChI=1S/C12H20N4O4/c1-4-10(17)14-8(2)12(18)13-7-11-15-9(16-20-11)5-6-19-3/h8H,4-7H2,1-3H3,(H,13,18)(H,14,17)/t8-/m1/s1. The molecule has 0 saturated carbocycles. The Labute approximate surface area is 117 Å². The zero-order chi connectivity index (χ0) is 15.0. The second kappa shape index (κ2) is 8.26. The summed E-state index contributed by atoms with van der Waals surface area (Å²) >= 11 is 0. The molecule has 1 rings (SSSR count). The summed E-state index contributed by atoms with van der Waals surface area (Å²) in [6, 6.07) is -0.599. The van der Waals surface area contributed by atoms with E-state index in [1.807, 2.05) is 0 Å². The number of amides is 2. The van der Waals surface area contributed by atoms with Gasteiger partial charge < -0.3 is 19.9 Å². The number of ether oxygens (including phenoxy) is 1. The van der Waals surface area contributed by atoms with Crippen molar-refractivity contribution in [2.75, 3.05) is 13.7 Å². The molecule has 0 fully saturated rings. The Balaban J connectivity index is 2.36. The van der Waals surface area contributed by atoms with E-state index in [2.05, 4.69) is 20.8 Å². The summed E-state index contributed by atoms with van der Waals surface area (Å²) < 4.78 is 9.88. The maximum absolute atomic E-state index is 11.7. The third kappa shape index (κ3) is 5.35. The van der Waals surface area contributed by atoms with Crippen LogP contribution in [0.25, 0.3) is 0 Å². The monoisotopic (exact) mass is 284 g/mol. The van der Waals surface area contributed by atoms with Crippen LogP contribution in [0.4, 0.5) is 0 Å². The summed E-state index contributed by atoms with van der Waals surface area (Å²) in [5, 5.41) is 8.93. The van der Waals surface area contributed by atoms with Gasteiger partial charge in [-0.05, 0) is 6.92 Å². The Morgan fingerprint density at radius 2 is 2.20 bits per heavy atom. The average Bonchev–Trinajstić information content (AvgIpc) is 2.90. The minimum absolute atomic E-state index is 0.130. The Kier molecular flexibility index (Phi) is 6.65. The van der Waals surface area contributed by atoms with E-state index in [9.17, 15) is 9.59 Å². The van der Waals surface area contributed by atoms with Crippen molar-refractivity contribution in [3.8, 4) is 0 Å². The van der Waals surface area contributed by atoms with Crippen LogP contribution in [-0.2, 0) is 27.3 Å². The molecule has 1 heterocycles. The van der Waals surface area contributed by atoms with Crippen LogP contribution in [0.2, 0.25) is 0 Å². The Bertz CT molecular complexity index is 446. The summed E-state index contributed by atoms with van der Waals surface area (Å²) in [5.74, 6) is 0.373. The van der Waals surface area contributed by atoms with E-state index in [1.165, 1.54) is 0 Å². The number of nitrogens with zero attached hydrogens (tertiary/aromatic N) is 2. The molecule has 2 amide bonds. The van der Waals surface area contributed by atoms with Crippen LogP contribution in [0.15, 0.2) is 4.52 Å². The summed E-state index contributed by atoms with van der Waals surface area (Å²) in [6.07, 6.45) is 0.890. The molecule has 1 aromatic heterocycles. The van der Waals surface area contributed by atoms with Crippen molar-refractivity contribution in [2.45, 2.75) is 39.3 Å². The molecule has 8 nitrogen and oxygen atoms in total. The van der Waals surface area contributed by atoms with Gasteiger partial charge in [-0.15, -0.1) is 0 Å². The molecule has 8 heteroatoms. The molecule has 1 aromatic rings. The number of aromatic nitrogens is 2. The van der Waals surface area contributed by atoms with Crippen LogP contribution in [0.1, 0.15) is 32.0 Å². The van der Waals surface area contributed by atoms with Crippen molar-refractivity contribution in [3.63, 3.8) is 0 Å². The fourth-order valence-electron chi connectivity index (χ4n) is 1.38.